The number of aromatic nitrogens is 2. The smallest absolute Gasteiger partial charge is 0.134 e. The molecule has 2 unspecified atom stereocenters. The molecule has 1 aromatic rings. The Bertz CT molecular complexity index is 414. The molecule has 1 aliphatic carbocycles. The maximum Gasteiger partial charge on any atom is 0.134 e. The van der Waals surface area contributed by atoms with E-state index in [4.69, 9.17) is 9.97 Å². The molecule has 0 saturated heterocycles. The maximum atomic E-state index is 4.80. The highest BCUT2D eigenvalue weighted by Gasteiger charge is 2.26. The highest BCUT2D eigenvalue weighted by atomic mass is 15.0. The molecule has 0 aromatic carbocycles. The molecule has 0 spiro atoms. The van der Waals surface area contributed by atoms with Gasteiger partial charge in [-0.25, -0.2) is 9.97 Å². The zero-order valence-corrected chi connectivity index (χ0v) is 12.1. The SMILES string of the molecule is CCNc1nc(C2CCC(C)C2)nc(CC)c1C. The average molecular weight is 247 g/mol. The molecule has 2 rings (SSSR count). The van der Waals surface area contributed by atoms with Gasteiger partial charge in [0.05, 0.1) is 0 Å². The molecule has 1 saturated carbocycles. The lowest BCUT2D eigenvalue weighted by Gasteiger charge is -2.15. The molecule has 1 fully saturated rings. The first kappa shape index (κ1) is 13.3. The summed E-state index contributed by atoms with van der Waals surface area (Å²) in [5.41, 5.74) is 2.42. The lowest BCUT2D eigenvalue weighted by molar-refractivity contribution is 0.583. The summed E-state index contributed by atoms with van der Waals surface area (Å²) in [6.07, 6.45) is 4.80. The third-order valence-corrected chi connectivity index (χ3v) is 4.00. The molecule has 2 atom stereocenters. The van der Waals surface area contributed by atoms with Crippen LogP contribution in [0.3, 0.4) is 0 Å². The fraction of sp³-hybridized carbons (Fsp3) is 0.733. The lowest BCUT2D eigenvalue weighted by Crippen LogP contribution is -2.11. The Kier molecular flexibility index (Phi) is 4.20. The van der Waals surface area contributed by atoms with Crippen LogP contribution in [-0.2, 0) is 6.42 Å². The van der Waals surface area contributed by atoms with Crippen LogP contribution in [0.25, 0.3) is 0 Å². The highest BCUT2D eigenvalue weighted by Crippen LogP contribution is 2.37. The summed E-state index contributed by atoms with van der Waals surface area (Å²) in [7, 11) is 0. The Morgan fingerprint density at radius 1 is 1.22 bits per heavy atom. The predicted molar refractivity (Wildman–Crippen MR) is 76.1 cm³/mol. The monoisotopic (exact) mass is 247 g/mol. The second-order valence-corrected chi connectivity index (χ2v) is 5.50. The summed E-state index contributed by atoms with van der Waals surface area (Å²) in [4.78, 5) is 9.56. The number of hydrogen-bond acceptors (Lipinski definition) is 3. The molecule has 1 aliphatic rings. The van der Waals surface area contributed by atoms with E-state index in [1.807, 2.05) is 0 Å². The molecule has 3 nitrogen and oxygen atoms in total. The van der Waals surface area contributed by atoms with Crippen LogP contribution in [0.15, 0.2) is 0 Å². The number of anilines is 1. The first-order valence-electron chi connectivity index (χ1n) is 7.26. The van der Waals surface area contributed by atoms with Crippen LogP contribution in [0.5, 0.6) is 0 Å². The Morgan fingerprint density at radius 2 is 2.00 bits per heavy atom. The van der Waals surface area contributed by atoms with E-state index in [9.17, 15) is 0 Å². The van der Waals surface area contributed by atoms with Gasteiger partial charge in [-0.1, -0.05) is 13.8 Å². The largest absolute Gasteiger partial charge is 0.370 e. The summed E-state index contributed by atoms with van der Waals surface area (Å²) in [5, 5.41) is 3.37. The van der Waals surface area contributed by atoms with Crippen molar-refractivity contribution in [2.24, 2.45) is 5.92 Å². The minimum Gasteiger partial charge on any atom is -0.370 e. The normalized spacial score (nSPS) is 23.3. The second-order valence-electron chi connectivity index (χ2n) is 5.50. The highest BCUT2D eigenvalue weighted by molar-refractivity contribution is 5.46. The maximum absolute atomic E-state index is 4.80. The molecule has 100 valence electrons. The van der Waals surface area contributed by atoms with Gasteiger partial charge in [0, 0.05) is 23.7 Å². The average Bonchev–Trinajstić information content (AvgIpc) is 2.79. The molecular weight excluding hydrogens is 222 g/mol. The van der Waals surface area contributed by atoms with Crippen molar-refractivity contribution in [3.8, 4) is 0 Å². The Morgan fingerprint density at radius 3 is 2.56 bits per heavy atom. The van der Waals surface area contributed by atoms with E-state index in [0.717, 1.165) is 30.5 Å². The first-order chi connectivity index (χ1) is 8.65. The molecule has 1 aromatic heterocycles. The molecule has 0 amide bonds. The van der Waals surface area contributed by atoms with Crippen LogP contribution in [-0.4, -0.2) is 16.5 Å². The van der Waals surface area contributed by atoms with Gasteiger partial charge in [-0.3, -0.25) is 0 Å². The first-order valence-corrected chi connectivity index (χ1v) is 7.26. The summed E-state index contributed by atoms with van der Waals surface area (Å²) >= 11 is 0. The molecular formula is C15H25N3. The third kappa shape index (κ3) is 2.65. The molecule has 1 N–H and O–H groups in total. The molecule has 3 heteroatoms. The van der Waals surface area contributed by atoms with Gasteiger partial charge in [0.25, 0.3) is 0 Å². The number of rotatable bonds is 4. The molecule has 1 heterocycles. The van der Waals surface area contributed by atoms with E-state index in [0.29, 0.717) is 5.92 Å². The van der Waals surface area contributed by atoms with E-state index in [1.54, 1.807) is 0 Å². The molecule has 0 aliphatic heterocycles. The quantitative estimate of drug-likeness (QED) is 0.882. The van der Waals surface area contributed by atoms with Crippen LogP contribution < -0.4 is 5.32 Å². The van der Waals surface area contributed by atoms with Crippen molar-refractivity contribution in [3.63, 3.8) is 0 Å². The zero-order chi connectivity index (χ0) is 13.1. The fourth-order valence-electron chi connectivity index (χ4n) is 2.89. The fourth-order valence-corrected chi connectivity index (χ4v) is 2.89. The Hall–Kier alpha value is -1.12. The van der Waals surface area contributed by atoms with Gasteiger partial charge < -0.3 is 5.32 Å². The lowest BCUT2D eigenvalue weighted by atomic mass is 10.0. The van der Waals surface area contributed by atoms with Crippen molar-refractivity contribution in [1.82, 2.24) is 9.97 Å². The molecule has 18 heavy (non-hydrogen) atoms. The standard InChI is InChI=1S/C15H25N3/c1-5-13-11(4)14(16-6-2)18-15(17-13)12-8-7-10(3)9-12/h10,12H,5-9H2,1-4H3,(H,16,17,18). The van der Waals surface area contributed by atoms with Crippen LogP contribution in [0, 0.1) is 12.8 Å². The van der Waals surface area contributed by atoms with Gasteiger partial charge in [-0.2, -0.15) is 0 Å². The number of hydrogen-bond donors (Lipinski definition) is 1. The topological polar surface area (TPSA) is 37.8 Å². The second kappa shape index (κ2) is 5.68. The van der Waals surface area contributed by atoms with E-state index >= 15 is 0 Å². The molecule has 0 bridgehead atoms. The number of aryl methyl sites for hydroxylation is 1. The van der Waals surface area contributed by atoms with Crippen molar-refractivity contribution < 1.29 is 0 Å². The predicted octanol–water partition coefficient (Wildman–Crippen LogP) is 3.68. The van der Waals surface area contributed by atoms with Gasteiger partial charge in [0.15, 0.2) is 0 Å². The zero-order valence-electron chi connectivity index (χ0n) is 12.1. The van der Waals surface area contributed by atoms with Gasteiger partial charge >= 0.3 is 0 Å². The summed E-state index contributed by atoms with van der Waals surface area (Å²) in [6.45, 7) is 9.66. The van der Waals surface area contributed by atoms with Crippen molar-refractivity contribution in [2.45, 2.75) is 59.3 Å². The van der Waals surface area contributed by atoms with Crippen LogP contribution in [0.2, 0.25) is 0 Å². The van der Waals surface area contributed by atoms with Gasteiger partial charge in [0.1, 0.15) is 11.6 Å². The van der Waals surface area contributed by atoms with Crippen LogP contribution in [0.1, 0.15) is 63.0 Å². The molecule has 0 radical (unpaired) electrons. The van der Waals surface area contributed by atoms with Crippen LogP contribution >= 0.6 is 0 Å². The van der Waals surface area contributed by atoms with E-state index in [1.165, 1.54) is 30.5 Å². The van der Waals surface area contributed by atoms with Crippen molar-refractivity contribution in [3.05, 3.63) is 17.1 Å². The van der Waals surface area contributed by atoms with Crippen molar-refractivity contribution in [1.29, 1.82) is 0 Å². The minimum atomic E-state index is 0.573. The van der Waals surface area contributed by atoms with Crippen molar-refractivity contribution in [2.75, 3.05) is 11.9 Å². The van der Waals surface area contributed by atoms with Gasteiger partial charge in [0.2, 0.25) is 0 Å². The Balaban J connectivity index is 2.32. The van der Waals surface area contributed by atoms with E-state index in [-0.39, 0.29) is 0 Å². The van der Waals surface area contributed by atoms with Crippen LogP contribution in [0.4, 0.5) is 5.82 Å². The third-order valence-electron chi connectivity index (χ3n) is 4.00. The van der Waals surface area contributed by atoms with Gasteiger partial charge in [-0.15, -0.1) is 0 Å². The van der Waals surface area contributed by atoms with Crippen molar-refractivity contribution >= 4 is 5.82 Å². The summed E-state index contributed by atoms with van der Waals surface area (Å²) < 4.78 is 0. The number of nitrogens with one attached hydrogen (secondary N) is 1. The van der Waals surface area contributed by atoms with E-state index < -0.39 is 0 Å². The minimum absolute atomic E-state index is 0.573. The van der Waals surface area contributed by atoms with E-state index in [2.05, 4.69) is 33.0 Å². The summed E-state index contributed by atoms with van der Waals surface area (Å²) in [6, 6.07) is 0. The number of nitrogens with zero attached hydrogens (tertiary/aromatic N) is 2. The Labute approximate surface area is 110 Å². The van der Waals surface area contributed by atoms with Gasteiger partial charge in [-0.05, 0) is 45.4 Å². The summed E-state index contributed by atoms with van der Waals surface area (Å²) in [5.74, 6) is 3.51.